The van der Waals surface area contributed by atoms with Gasteiger partial charge in [0.2, 0.25) is 15.9 Å². The van der Waals surface area contributed by atoms with Crippen LogP contribution >= 0.6 is 0 Å². The maximum absolute atomic E-state index is 14.0. The molecule has 0 aliphatic carbocycles. The first-order valence-corrected chi connectivity index (χ1v) is 8.58. The number of hydrogen-bond acceptors (Lipinski definition) is 3. The highest BCUT2D eigenvalue weighted by molar-refractivity contribution is 7.89. The SMILES string of the molecule is NC(=O)[C@@H]1Cc2ccccc2CN1S(=O)(=O)c1c(F)cccc1F. The molecular weight excluding hydrogens is 338 g/mol. The summed E-state index contributed by atoms with van der Waals surface area (Å²) in [6, 6.07) is 8.52. The molecule has 2 aromatic rings. The lowest BCUT2D eigenvalue weighted by molar-refractivity contribution is -0.122. The number of nitrogens with zero attached hydrogens (tertiary/aromatic N) is 1. The molecule has 24 heavy (non-hydrogen) atoms. The maximum Gasteiger partial charge on any atom is 0.249 e. The van der Waals surface area contributed by atoms with E-state index in [1.165, 1.54) is 0 Å². The Kier molecular flexibility index (Phi) is 4.10. The van der Waals surface area contributed by atoms with Gasteiger partial charge < -0.3 is 5.73 Å². The fourth-order valence-corrected chi connectivity index (χ4v) is 4.53. The lowest BCUT2D eigenvalue weighted by Crippen LogP contribution is -2.51. The fourth-order valence-electron chi connectivity index (χ4n) is 2.84. The summed E-state index contributed by atoms with van der Waals surface area (Å²) in [5, 5.41) is 0. The zero-order chi connectivity index (χ0) is 17.5. The molecule has 2 aromatic carbocycles. The number of benzene rings is 2. The summed E-state index contributed by atoms with van der Waals surface area (Å²) in [7, 11) is -4.58. The van der Waals surface area contributed by atoms with E-state index < -0.39 is 38.5 Å². The smallest absolute Gasteiger partial charge is 0.249 e. The molecule has 0 spiro atoms. The lowest BCUT2D eigenvalue weighted by atomic mass is 9.96. The molecule has 0 bridgehead atoms. The van der Waals surface area contributed by atoms with Crippen LogP contribution in [-0.4, -0.2) is 24.7 Å². The van der Waals surface area contributed by atoms with E-state index in [0.717, 1.165) is 28.1 Å². The third-order valence-electron chi connectivity index (χ3n) is 4.02. The highest BCUT2D eigenvalue weighted by Crippen LogP contribution is 2.31. The Hall–Kier alpha value is -2.32. The quantitative estimate of drug-likeness (QED) is 0.910. The average molecular weight is 352 g/mol. The van der Waals surface area contributed by atoms with E-state index in [1.54, 1.807) is 24.3 Å². The number of fused-ring (bicyclic) bond motifs is 1. The lowest BCUT2D eigenvalue weighted by Gasteiger charge is -2.34. The molecule has 0 radical (unpaired) electrons. The van der Waals surface area contributed by atoms with Crippen LogP contribution in [0.5, 0.6) is 0 Å². The first kappa shape index (κ1) is 16.5. The molecule has 0 unspecified atom stereocenters. The second-order valence-electron chi connectivity index (χ2n) is 5.49. The molecule has 126 valence electrons. The van der Waals surface area contributed by atoms with Crippen LogP contribution in [0.3, 0.4) is 0 Å². The molecule has 0 saturated heterocycles. The molecule has 0 saturated carbocycles. The van der Waals surface area contributed by atoms with Gasteiger partial charge in [-0.05, 0) is 29.7 Å². The summed E-state index contributed by atoms with van der Waals surface area (Å²) in [4.78, 5) is 10.7. The molecule has 1 atom stereocenters. The van der Waals surface area contributed by atoms with E-state index >= 15 is 0 Å². The second-order valence-corrected chi connectivity index (χ2v) is 7.32. The molecule has 1 aliphatic rings. The third kappa shape index (κ3) is 2.67. The number of carbonyl (C=O) groups excluding carboxylic acids is 1. The zero-order valence-electron chi connectivity index (χ0n) is 12.4. The summed E-state index contributed by atoms with van der Waals surface area (Å²) >= 11 is 0. The molecule has 2 N–H and O–H groups in total. The van der Waals surface area contributed by atoms with Gasteiger partial charge >= 0.3 is 0 Å². The zero-order valence-corrected chi connectivity index (χ0v) is 13.3. The van der Waals surface area contributed by atoms with Crippen molar-refractivity contribution in [2.24, 2.45) is 5.73 Å². The molecule has 1 amide bonds. The van der Waals surface area contributed by atoms with Crippen molar-refractivity contribution in [1.29, 1.82) is 0 Å². The Morgan fingerprint density at radius 2 is 1.62 bits per heavy atom. The van der Waals surface area contributed by atoms with Gasteiger partial charge in [0.05, 0.1) is 0 Å². The van der Waals surface area contributed by atoms with Crippen LogP contribution in [0.1, 0.15) is 11.1 Å². The Labute approximate surface area is 137 Å². The Balaban J connectivity index is 2.14. The molecule has 0 fully saturated rings. The fraction of sp³-hybridized carbons (Fsp3) is 0.188. The predicted molar refractivity (Wildman–Crippen MR) is 82.2 cm³/mol. The summed E-state index contributed by atoms with van der Waals surface area (Å²) in [6.45, 7) is -0.181. The summed E-state index contributed by atoms with van der Waals surface area (Å²) in [5.74, 6) is -3.29. The number of amides is 1. The molecule has 1 heterocycles. The van der Waals surface area contributed by atoms with Crippen LogP contribution in [0.2, 0.25) is 0 Å². The van der Waals surface area contributed by atoms with E-state index in [9.17, 15) is 22.0 Å². The van der Waals surface area contributed by atoms with Gasteiger partial charge in [0, 0.05) is 6.54 Å². The topological polar surface area (TPSA) is 80.5 Å². The van der Waals surface area contributed by atoms with Crippen molar-refractivity contribution in [3.8, 4) is 0 Å². The summed E-state index contributed by atoms with van der Waals surface area (Å²) in [6.07, 6.45) is 0.0564. The number of nitrogens with two attached hydrogens (primary N) is 1. The normalized spacial score (nSPS) is 18.2. The molecule has 5 nitrogen and oxygen atoms in total. The molecule has 8 heteroatoms. The first-order valence-electron chi connectivity index (χ1n) is 7.14. The van der Waals surface area contributed by atoms with Crippen molar-refractivity contribution < 1.29 is 22.0 Å². The number of hydrogen-bond donors (Lipinski definition) is 1. The minimum Gasteiger partial charge on any atom is -0.368 e. The standard InChI is InChI=1S/C16H14F2N2O3S/c17-12-6-3-7-13(18)15(12)24(22,23)20-9-11-5-2-1-4-10(11)8-14(20)16(19)21/h1-7,14H,8-9H2,(H2,19,21)/t14-/m0/s1. The maximum atomic E-state index is 14.0. The number of sulfonamides is 1. The summed E-state index contributed by atoms with van der Waals surface area (Å²) in [5.41, 5.74) is 6.77. The van der Waals surface area contributed by atoms with Gasteiger partial charge in [-0.2, -0.15) is 4.31 Å². The van der Waals surface area contributed by atoms with E-state index in [-0.39, 0.29) is 13.0 Å². The molecule has 3 rings (SSSR count). The van der Waals surface area contributed by atoms with E-state index in [4.69, 9.17) is 5.73 Å². The largest absolute Gasteiger partial charge is 0.368 e. The van der Waals surface area contributed by atoms with Gasteiger partial charge in [-0.1, -0.05) is 30.3 Å². The Morgan fingerprint density at radius 3 is 2.21 bits per heavy atom. The highest BCUT2D eigenvalue weighted by Gasteiger charge is 2.41. The van der Waals surface area contributed by atoms with Gasteiger partial charge in [0.25, 0.3) is 0 Å². The van der Waals surface area contributed by atoms with Crippen molar-refractivity contribution in [3.05, 3.63) is 65.2 Å². The Morgan fingerprint density at radius 1 is 1.04 bits per heavy atom. The molecule has 0 aromatic heterocycles. The van der Waals surface area contributed by atoms with Crippen molar-refractivity contribution in [2.75, 3.05) is 0 Å². The van der Waals surface area contributed by atoms with E-state index in [1.807, 2.05) is 0 Å². The van der Waals surface area contributed by atoms with Gasteiger partial charge in [0.15, 0.2) is 4.90 Å². The van der Waals surface area contributed by atoms with Crippen LogP contribution in [-0.2, 0) is 27.8 Å². The van der Waals surface area contributed by atoms with Gasteiger partial charge in [-0.25, -0.2) is 17.2 Å². The van der Waals surface area contributed by atoms with E-state index in [0.29, 0.717) is 5.56 Å². The summed E-state index contributed by atoms with van der Waals surface area (Å²) < 4.78 is 54.3. The van der Waals surface area contributed by atoms with Crippen molar-refractivity contribution in [3.63, 3.8) is 0 Å². The average Bonchev–Trinajstić information content (AvgIpc) is 2.53. The molecule has 1 aliphatic heterocycles. The van der Waals surface area contributed by atoms with Crippen LogP contribution in [0, 0.1) is 11.6 Å². The minimum atomic E-state index is -4.58. The first-order chi connectivity index (χ1) is 11.3. The highest BCUT2D eigenvalue weighted by atomic mass is 32.2. The number of rotatable bonds is 3. The van der Waals surface area contributed by atoms with Crippen molar-refractivity contribution >= 4 is 15.9 Å². The van der Waals surface area contributed by atoms with Crippen LogP contribution in [0.25, 0.3) is 0 Å². The van der Waals surface area contributed by atoms with Crippen LogP contribution in [0.4, 0.5) is 8.78 Å². The minimum absolute atomic E-state index is 0.0564. The van der Waals surface area contributed by atoms with Crippen LogP contribution in [0.15, 0.2) is 47.4 Å². The number of carbonyl (C=O) groups is 1. The van der Waals surface area contributed by atoms with Crippen LogP contribution < -0.4 is 5.73 Å². The number of halogens is 2. The predicted octanol–water partition coefficient (Wildman–Crippen LogP) is 1.57. The second kappa shape index (κ2) is 5.95. The number of primary amides is 1. The van der Waals surface area contributed by atoms with Gasteiger partial charge in [-0.3, -0.25) is 4.79 Å². The van der Waals surface area contributed by atoms with E-state index in [2.05, 4.69) is 0 Å². The third-order valence-corrected chi connectivity index (χ3v) is 5.93. The van der Waals surface area contributed by atoms with Crippen molar-refractivity contribution in [2.45, 2.75) is 23.9 Å². The van der Waals surface area contributed by atoms with Gasteiger partial charge in [-0.15, -0.1) is 0 Å². The Bertz CT molecular complexity index is 895. The monoisotopic (exact) mass is 352 g/mol. The molecular formula is C16H14F2N2O3S. The van der Waals surface area contributed by atoms with Crippen molar-refractivity contribution in [1.82, 2.24) is 4.31 Å². The van der Waals surface area contributed by atoms with Gasteiger partial charge in [0.1, 0.15) is 17.7 Å².